The summed E-state index contributed by atoms with van der Waals surface area (Å²) in [6, 6.07) is 20.5. The number of nitrogens with zero attached hydrogens (tertiary/aromatic N) is 5. The summed E-state index contributed by atoms with van der Waals surface area (Å²) in [6.45, 7) is 4.56. The molecule has 0 saturated carbocycles. The van der Waals surface area contributed by atoms with Crippen LogP contribution in [0.4, 0.5) is 0 Å². The Morgan fingerprint density at radius 2 is 1.79 bits per heavy atom. The summed E-state index contributed by atoms with van der Waals surface area (Å²) in [5.74, 6) is 1.17. The number of nitrogens with one attached hydrogen (secondary N) is 1. The van der Waals surface area contributed by atoms with E-state index in [9.17, 15) is 0 Å². The minimum Gasteiger partial charge on any atom is -0.477 e. The van der Waals surface area contributed by atoms with Gasteiger partial charge in [0.25, 0.3) is 0 Å². The minimum absolute atomic E-state index is 0.265. The van der Waals surface area contributed by atoms with Crippen LogP contribution < -0.4 is 4.74 Å². The molecule has 8 heteroatoms. The first kappa shape index (κ1) is 20.8. The van der Waals surface area contributed by atoms with Crippen molar-refractivity contribution in [2.45, 2.75) is 20.0 Å². The number of aryl methyl sites for hydroxylation is 1. The third-order valence-corrected chi connectivity index (χ3v) is 5.65. The van der Waals surface area contributed by atoms with Gasteiger partial charge in [-0.1, -0.05) is 54.6 Å². The molecule has 1 atom stereocenters. The molecule has 0 radical (unpaired) electrons. The van der Waals surface area contributed by atoms with E-state index in [4.69, 9.17) is 9.47 Å². The van der Waals surface area contributed by atoms with Crippen LogP contribution in [-0.4, -0.2) is 43.7 Å². The molecule has 5 aromatic rings. The van der Waals surface area contributed by atoms with E-state index in [0.717, 1.165) is 39.2 Å². The largest absolute Gasteiger partial charge is 0.477 e. The van der Waals surface area contributed by atoms with Crippen molar-refractivity contribution in [3.05, 3.63) is 83.7 Å². The normalized spacial score (nSPS) is 12.2. The van der Waals surface area contributed by atoms with Gasteiger partial charge in [-0.05, 0) is 47.4 Å². The standard InChI is InChI=1S/C25H24N6O2/c1-4-33-22-15-31-21(14-9-16(2)25(31)26-22)23(32-3)18-12-10-17(11-13-18)19-7-5-6-8-20(19)24-27-29-30-28-24/h5-15,23H,4H2,1-3H3,(H,27,28,29,30)/t23-/m1/s1. The van der Waals surface area contributed by atoms with E-state index in [1.807, 2.05) is 42.6 Å². The second-order valence-corrected chi connectivity index (χ2v) is 7.67. The van der Waals surface area contributed by atoms with Gasteiger partial charge < -0.3 is 9.47 Å². The van der Waals surface area contributed by atoms with Crippen molar-refractivity contribution < 1.29 is 9.47 Å². The smallest absolute Gasteiger partial charge is 0.232 e. The van der Waals surface area contributed by atoms with Gasteiger partial charge in [-0.25, -0.2) is 0 Å². The summed E-state index contributed by atoms with van der Waals surface area (Å²) < 4.78 is 13.6. The minimum atomic E-state index is -0.265. The highest BCUT2D eigenvalue weighted by Gasteiger charge is 2.19. The Kier molecular flexibility index (Phi) is 5.58. The van der Waals surface area contributed by atoms with E-state index >= 15 is 0 Å². The number of fused-ring (bicyclic) bond motifs is 1. The lowest BCUT2D eigenvalue weighted by Crippen LogP contribution is -2.09. The van der Waals surface area contributed by atoms with Crippen molar-refractivity contribution in [1.29, 1.82) is 0 Å². The zero-order chi connectivity index (χ0) is 22.8. The average molecular weight is 441 g/mol. The maximum absolute atomic E-state index is 5.95. The molecule has 0 fully saturated rings. The molecule has 0 amide bonds. The number of H-pyrrole nitrogens is 1. The molecule has 8 nitrogen and oxygen atoms in total. The number of aromatic nitrogens is 6. The predicted molar refractivity (Wildman–Crippen MR) is 125 cm³/mol. The average Bonchev–Trinajstić information content (AvgIpc) is 3.53. The Labute approximate surface area is 191 Å². The number of pyridine rings is 1. The fraction of sp³-hybridized carbons (Fsp3) is 0.200. The monoisotopic (exact) mass is 440 g/mol. The second-order valence-electron chi connectivity index (χ2n) is 7.67. The fourth-order valence-electron chi connectivity index (χ4n) is 4.10. The number of hydrogen-bond donors (Lipinski definition) is 1. The van der Waals surface area contributed by atoms with E-state index < -0.39 is 0 Å². The Bertz CT molecular complexity index is 1380. The predicted octanol–water partition coefficient (Wildman–Crippen LogP) is 4.62. The van der Waals surface area contributed by atoms with Crippen LogP contribution in [0.5, 0.6) is 5.88 Å². The summed E-state index contributed by atoms with van der Waals surface area (Å²) in [5.41, 5.74) is 6.98. The van der Waals surface area contributed by atoms with E-state index in [0.29, 0.717) is 18.3 Å². The van der Waals surface area contributed by atoms with Gasteiger partial charge in [0.05, 0.1) is 18.5 Å². The van der Waals surface area contributed by atoms with Crippen LogP contribution in [0.1, 0.15) is 29.8 Å². The van der Waals surface area contributed by atoms with Crippen LogP contribution in [0, 0.1) is 6.92 Å². The first-order chi connectivity index (χ1) is 16.2. The Morgan fingerprint density at radius 1 is 1.00 bits per heavy atom. The fourth-order valence-corrected chi connectivity index (χ4v) is 4.10. The summed E-state index contributed by atoms with van der Waals surface area (Å²) >= 11 is 0. The van der Waals surface area contributed by atoms with Crippen molar-refractivity contribution in [1.82, 2.24) is 30.0 Å². The molecule has 0 spiro atoms. The van der Waals surface area contributed by atoms with Crippen molar-refractivity contribution in [2.75, 3.05) is 13.7 Å². The summed E-state index contributed by atoms with van der Waals surface area (Å²) in [5, 5.41) is 14.5. The molecule has 3 aromatic heterocycles. The molecule has 0 bridgehead atoms. The first-order valence-corrected chi connectivity index (χ1v) is 10.8. The topological polar surface area (TPSA) is 90.2 Å². The molecule has 0 aliphatic heterocycles. The van der Waals surface area contributed by atoms with Gasteiger partial charge in [0.1, 0.15) is 11.8 Å². The molecule has 5 rings (SSSR count). The van der Waals surface area contributed by atoms with Crippen LogP contribution in [0.15, 0.2) is 66.9 Å². The van der Waals surface area contributed by atoms with Gasteiger partial charge in [-0.15, -0.1) is 10.2 Å². The van der Waals surface area contributed by atoms with Gasteiger partial charge in [0, 0.05) is 12.7 Å². The van der Waals surface area contributed by atoms with E-state index in [-0.39, 0.29) is 6.10 Å². The number of ether oxygens (including phenoxy) is 2. The van der Waals surface area contributed by atoms with Gasteiger partial charge in [0.2, 0.25) is 11.7 Å². The van der Waals surface area contributed by atoms with E-state index in [2.05, 4.69) is 68.1 Å². The molecule has 0 aliphatic rings. The summed E-state index contributed by atoms with van der Waals surface area (Å²) in [7, 11) is 1.72. The lowest BCUT2D eigenvalue weighted by molar-refractivity contribution is 0.132. The van der Waals surface area contributed by atoms with Crippen molar-refractivity contribution >= 4 is 5.65 Å². The SMILES string of the molecule is CCOc1cn2c([C@H](OC)c3ccc(-c4ccccc4-c4nn[nH]n4)cc3)ccc(C)c2n1. The number of tetrazole rings is 1. The van der Waals surface area contributed by atoms with Crippen molar-refractivity contribution in [3.8, 4) is 28.4 Å². The van der Waals surface area contributed by atoms with Gasteiger partial charge in [-0.2, -0.15) is 10.2 Å². The Balaban J connectivity index is 1.53. The van der Waals surface area contributed by atoms with E-state index in [1.54, 1.807) is 7.11 Å². The van der Waals surface area contributed by atoms with Gasteiger partial charge in [-0.3, -0.25) is 4.40 Å². The zero-order valence-corrected chi connectivity index (χ0v) is 18.7. The molecule has 33 heavy (non-hydrogen) atoms. The number of benzene rings is 2. The van der Waals surface area contributed by atoms with Crippen LogP contribution >= 0.6 is 0 Å². The van der Waals surface area contributed by atoms with Crippen LogP contribution in [0.2, 0.25) is 0 Å². The maximum Gasteiger partial charge on any atom is 0.232 e. The highest BCUT2D eigenvalue weighted by molar-refractivity contribution is 5.80. The van der Waals surface area contributed by atoms with Gasteiger partial charge >= 0.3 is 0 Å². The molecule has 0 saturated heterocycles. The molecular weight excluding hydrogens is 416 g/mol. The number of rotatable bonds is 7. The number of hydrogen-bond acceptors (Lipinski definition) is 6. The third kappa shape index (κ3) is 3.85. The first-order valence-electron chi connectivity index (χ1n) is 10.8. The molecule has 0 unspecified atom stereocenters. The molecule has 2 aromatic carbocycles. The quantitative estimate of drug-likeness (QED) is 0.397. The summed E-state index contributed by atoms with van der Waals surface area (Å²) in [4.78, 5) is 4.63. The third-order valence-electron chi connectivity index (χ3n) is 5.65. The Morgan fingerprint density at radius 3 is 2.48 bits per heavy atom. The van der Waals surface area contributed by atoms with E-state index in [1.165, 1.54) is 0 Å². The second kappa shape index (κ2) is 8.84. The van der Waals surface area contributed by atoms with Crippen LogP contribution in [-0.2, 0) is 4.74 Å². The summed E-state index contributed by atoms with van der Waals surface area (Å²) in [6.07, 6.45) is 1.65. The zero-order valence-electron chi connectivity index (χ0n) is 18.7. The van der Waals surface area contributed by atoms with Gasteiger partial charge in [0.15, 0.2) is 0 Å². The number of methoxy groups -OCH3 is 1. The molecule has 3 heterocycles. The number of imidazole rings is 1. The highest BCUT2D eigenvalue weighted by Crippen LogP contribution is 2.33. The van der Waals surface area contributed by atoms with Crippen molar-refractivity contribution in [2.24, 2.45) is 0 Å². The highest BCUT2D eigenvalue weighted by atomic mass is 16.5. The lowest BCUT2D eigenvalue weighted by atomic mass is 9.96. The Hall–Kier alpha value is -4.04. The molecule has 1 N–H and O–H groups in total. The lowest BCUT2D eigenvalue weighted by Gasteiger charge is -2.19. The molecule has 0 aliphatic carbocycles. The van der Waals surface area contributed by atoms with Crippen LogP contribution in [0.3, 0.4) is 0 Å². The van der Waals surface area contributed by atoms with Crippen LogP contribution in [0.25, 0.3) is 28.2 Å². The maximum atomic E-state index is 5.95. The number of aromatic amines is 1. The molecule has 166 valence electrons. The van der Waals surface area contributed by atoms with Crippen molar-refractivity contribution in [3.63, 3.8) is 0 Å². The molecular formula is C25H24N6O2.